The van der Waals surface area contributed by atoms with E-state index in [1.54, 1.807) is 0 Å². The zero-order chi connectivity index (χ0) is 11.7. The lowest BCUT2D eigenvalue weighted by molar-refractivity contribution is 0.245. The largest absolute Gasteiger partial charge is 0.484 e. The molecule has 90 valence electrons. The third-order valence-electron chi connectivity index (χ3n) is 2.83. The predicted molar refractivity (Wildman–Crippen MR) is 68.1 cm³/mol. The molecule has 0 radical (unpaired) electrons. The van der Waals surface area contributed by atoms with Crippen LogP contribution in [0.3, 0.4) is 0 Å². The molecular formula is C11H19N3OS. The van der Waals surface area contributed by atoms with Gasteiger partial charge in [-0.25, -0.2) is 0 Å². The Bertz CT molecular complexity index is 364. The average Bonchev–Trinajstić information content (AvgIpc) is 2.81. The van der Waals surface area contributed by atoms with Crippen LogP contribution in [0.1, 0.15) is 27.2 Å². The molecule has 0 aromatic carbocycles. The van der Waals surface area contributed by atoms with Crippen molar-refractivity contribution in [2.24, 2.45) is 11.8 Å². The standard InChI is InChI=1S/C11H19N3OS/c1-6(2)15-9-10(12)14-16-11(9)13-5-8-4-7(8)3/h6-8,13H,4-5H2,1-3H3,(H2,12,14). The monoisotopic (exact) mass is 241 g/mol. The molecule has 2 rings (SSSR count). The van der Waals surface area contributed by atoms with E-state index in [4.69, 9.17) is 10.5 Å². The van der Waals surface area contributed by atoms with E-state index in [1.807, 2.05) is 13.8 Å². The molecule has 1 aliphatic rings. The number of nitrogens with one attached hydrogen (secondary N) is 1. The minimum atomic E-state index is 0.124. The first-order chi connectivity index (χ1) is 7.58. The van der Waals surface area contributed by atoms with Gasteiger partial charge in [0, 0.05) is 6.54 Å². The molecule has 16 heavy (non-hydrogen) atoms. The molecule has 0 spiro atoms. The van der Waals surface area contributed by atoms with Crippen molar-refractivity contribution in [3.63, 3.8) is 0 Å². The maximum Gasteiger partial charge on any atom is 0.197 e. The molecule has 3 N–H and O–H groups in total. The molecule has 0 aliphatic heterocycles. The Labute approximate surface area is 100 Å². The zero-order valence-electron chi connectivity index (χ0n) is 9.99. The van der Waals surface area contributed by atoms with Crippen molar-refractivity contribution in [2.45, 2.75) is 33.3 Å². The fourth-order valence-electron chi connectivity index (χ4n) is 1.66. The number of nitrogens with two attached hydrogens (primary N) is 1. The summed E-state index contributed by atoms with van der Waals surface area (Å²) in [6.07, 6.45) is 1.45. The lowest BCUT2D eigenvalue weighted by Gasteiger charge is -2.11. The van der Waals surface area contributed by atoms with Crippen molar-refractivity contribution < 1.29 is 4.74 Å². The van der Waals surface area contributed by atoms with Gasteiger partial charge in [-0.1, -0.05) is 6.92 Å². The van der Waals surface area contributed by atoms with Crippen LogP contribution < -0.4 is 15.8 Å². The molecule has 1 aromatic heterocycles. The van der Waals surface area contributed by atoms with Crippen LogP contribution in [-0.2, 0) is 0 Å². The lowest BCUT2D eigenvalue weighted by atomic mass is 10.3. The summed E-state index contributed by atoms with van der Waals surface area (Å²) in [6, 6.07) is 0. The van der Waals surface area contributed by atoms with Gasteiger partial charge in [0.1, 0.15) is 0 Å². The van der Waals surface area contributed by atoms with Gasteiger partial charge in [0.2, 0.25) is 0 Å². The van der Waals surface area contributed by atoms with Crippen LogP contribution >= 0.6 is 11.5 Å². The predicted octanol–water partition coefficient (Wildman–Crippen LogP) is 2.58. The Balaban J connectivity index is 1.96. The van der Waals surface area contributed by atoms with Crippen molar-refractivity contribution in [3.8, 4) is 5.75 Å². The smallest absolute Gasteiger partial charge is 0.197 e. The normalized spacial score (nSPS) is 23.5. The van der Waals surface area contributed by atoms with Gasteiger partial charge in [-0.3, -0.25) is 0 Å². The van der Waals surface area contributed by atoms with E-state index in [1.165, 1.54) is 18.0 Å². The molecule has 1 saturated carbocycles. The molecule has 4 nitrogen and oxygen atoms in total. The van der Waals surface area contributed by atoms with Crippen LogP contribution in [0.15, 0.2) is 0 Å². The molecule has 2 atom stereocenters. The van der Waals surface area contributed by atoms with E-state index in [-0.39, 0.29) is 6.10 Å². The number of anilines is 2. The van der Waals surface area contributed by atoms with Gasteiger partial charge in [-0.2, -0.15) is 4.37 Å². The lowest BCUT2D eigenvalue weighted by Crippen LogP contribution is -2.10. The van der Waals surface area contributed by atoms with Crippen molar-refractivity contribution >= 4 is 22.4 Å². The molecule has 1 aliphatic carbocycles. The average molecular weight is 241 g/mol. The fourth-order valence-corrected chi connectivity index (χ4v) is 2.32. The Morgan fingerprint density at radius 1 is 1.62 bits per heavy atom. The van der Waals surface area contributed by atoms with Crippen LogP contribution in [-0.4, -0.2) is 17.0 Å². The van der Waals surface area contributed by atoms with Gasteiger partial charge in [-0.15, -0.1) is 0 Å². The van der Waals surface area contributed by atoms with Crippen LogP contribution in [0, 0.1) is 11.8 Å². The summed E-state index contributed by atoms with van der Waals surface area (Å²) in [6.45, 7) is 7.25. The van der Waals surface area contributed by atoms with Crippen molar-refractivity contribution in [1.29, 1.82) is 0 Å². The second-order valence-corrected chi connectivity index (χ2v) is 5.52. The maximum atomic E-state index is 5.77. The molecule has 1 heterocycles. The molecular weight excluding hydrogens is 222 g/mol. The highest BCUT2D eigenvalue weighted by atomic mass is 32.1. The number of nitrogen functional groups attached to an aromatic ring is 1. The molecule has 0 amide bonds. The highest BCUT2D eigenvalue weighted by molar-refractivity contribution is 7.11. The van der Waals surface area contributed by atoms with Crippen LogP contribution in [0.4, 0.5) is 10.8 Å². The van der Waals surface area contributed by atoms with Gasteiger partial charge in [0.15, 0.2) is 16.6 Å². The summed E-state index contributed by atoms with van der Waals surface area (Å²) in [5.41, 5.74) is 5.77. The summed E-state index contributed by atoms with van der Waals surface area (Å²) >= 11 is 1.38. The number of ether oxygens (including phenoxy) is 1. The molecule has 1 fully saturated rings. The van der Waals surface area contributed by atoms with Crippen molar-refractivity contribution in [2.75, 3.05) is 17.6 Å². The van der Waals surface area contributed by atoms with Crippen LogP contribution in [0.5, 0.6) is 5.75 Å². The molecule has 0 saturated heterocycles. The first kappa shape index (κ1) is 11.5. The number of aromatic nitrogens is 1. The summed E-state index contributed by atoms with van der Waals surface area (Å²) in [5, 5.41) is 4.35. The summed E-state index contributed by atoms with van der Waals surface area (Å²) in [5.74, 6) is 2.86. The minimum absolute atomic E-state index is 0.124. The van der Waals surface area contributed by atoms with Crippen LogP contribution in [0.25, 0.3) is 0 Å². The van der Waals surface area contributed by atoms with E-state index in [0.717, 1.165) is 23.4 Å². The molecule has 2 unspecified atom stereocenters. The Morgan fingerprint density at radius 3 is 2.88 bits per heavy atom. The van der Waals surface area contributed by atoms with Gasteiger partial charge in [-0.05, 0) is 43.6 Å². The SMILES string of the molecule is CC(C)Oc1c(N)nsc1NCC1CC1C. The van der Waals surface area contributed by atoms with Crippen molar-refractivity contribution in [3.05, 3.63) is 0 Å². The van der Waals surface area contributed by atoms with E-state index in [2.05, 4.69) is 16.6 Å². The Hall–Kier alpha value is -0.970. The number of rotatable bonds is 5. The third kappa shape index (κ3) is 2.58. The van der Waals surface area contributed by atoms with E-state index in [9.17, 15) is 0 Å². The van der Waals surface area contributed by atoms with E-state index < -0.39 is 0 Å². The Morgan fingerprint density at radius 2 is 2.31 bits per heavy atom. The van der Waals surface area contributed by atoms with E-state index in [0.29, 0.717) is 11.6 Å². The van der Waals surface area contributed by atoms with Gasteiger partial charge >= 0.3 is 0 Å². The third-order valence-corrected chi connectivity index (χ3v) is 3.63. The quantitative estimate of drug-likeness (QED) is 0.832. The summed E-state index contributed by atoms with van der Waals surface area (Å²) in [4.78, 5) is 0. The van der Waals surface area contributed by atoms with Gasteiger partial charge in [0.05, 0.1) is 6.10 Å². The number of hydrogen-bond acceptors (Lipinski definition) is 5. The molecule has 5 heteroatoms. The van der Waals surface area contributed by atoms with E-state index >= 15 is 0 Å². The second-order valence-electron chi connectivity index (χ2n) is 4.75. The van der Waals surface area contributed by atoms with Gasteiger partial charge in [0.25, 0.3) is 0 Å². The highest BCUT2D eigenvalue weighted by Gasteiger charge is 2.32. The highest BCUT2D eigenvalue weighted by Crippen LogP contribution is 2.40. The zero-order valence-corrected chi connectivity index (χ0v) is 10.8. The van der Waals surface area contributed by atoms with Crippen LogP contribution in [0.2, 0.25) is 0 Å². The first-order valence-electron chi connectivity index (χ1n) is 5.73. The number of hydrogen-bond donors (Lipinski definition) is 2. The molecule has 0 bridgehead atoms. The number of nitrogens with zero attached hydrogens (tertiary/aromatic N) is 1. The summed E-state index contributed by atoms with van der Waals surface area (Å²) < 4.78 is 9.78. The fraction of sp³-hybridized carbons (Fsp3) is 0.727. The summed E-state index contributed by atoms with van der Waals surface area (Å²) in [7, 11) is 0. The Kier molecular flexibility index (Phi) is 3.23. The van der Waals surface area contributed by atoms with Crippen molar-refractivity contribution in [1.82, 2.24) is 4.37 Å². The second kappa shape index (κ2) is 4.49. The maximum absolute atomic E-state index is 5.77. The topological polar surface area (TPSA) is 60.2 Å². The van der Waals surface area contributed by atoms with Gasteiger partial charge < -0.3 is 15.8 Å². The molecule has 1 aromatic rings. The first-order valence-corrected chi connectivity index (χ1v) is 6.51. The minimum Gasteiger partial charge on any atom is -0.484 e.